The molecule has 25 heavy (non-hydrogen) atoms. The quantitative estimate of drug-likeness (QED) is 0.817. The van der Waals surface area contributed by atoms with Crippen LogP contribution >= 0.6 is 0 Å². The lowest BCUT2D eigenvalue weighted by Crippen LogP contribution is -2.48. The Bertz CT molecular complexity index is 688. The van der Waals surface area contributed by atoms with E-state index in [9.17, 15) is 18.8 Å². The molecule has 0 spiro atoms. The molecule has 2 fully saturated rings. The van der Waals surface area contributed by atoms with Gasteiger partial charge in [-0.3, -0.25) is 14.5 Å². The summed E-state index contributed by atoms with van der Waals surface area (Å²) in [6.45, 7) is 3.22. The zero-order chi connectivity index (χ0) is 18.0. The lowest BCUT2D eigenvalue weighted by Gasteiger charge is -2.29. The fourth-order valence-corrected chi connectivity index (χ4v) is 3.19. The van der Waals surface area contributed by atoms with Gasteiger partial charge in [-0.2, -0.15) is 0 Å². The van der Waals surface area contributed by atoms with Gasteiger partial charge in [0, 0.05) is 13.1 Å². The molecular weight excluding hydrogens is 329 g/mol. The molecule has 1 aromatic carbocycles. The summed E-state index contributed by atoms with van der Waals surface area (Å²) in [7, 11) is 0. The molecule has 2 aliphatic rings. The summed E-state index contributed by atoms with van der Waals surface area (Å²) in [5, 5.41) is 2.68. The number of ether oxygens (including phenoxy) is 1. The number of hydrogen-bond donors (Lipinski definition) is 1. The Morgan fingerprint density at radius 2 is 1.88 bits per heavy atom. The van der Waals surface area contributed by atoms with Crippen LogP contribution in [0.1, 0.15) is 18.9 Å². The third-order valence-corrected chi connectivity index (χ3v) is 4.70. The van der Waals surface area contributed by atoms with Crippen LogP contribution in [0, 0.1) is 5.82 Å². The van der Waals surface area contributed by atoms with Crippen molar-refractivity contribution < 1.29 is 23.5 Å². The zero-order valence-corrected chi connectivity index (χ0v) is 14.0. The van der Waals surface area contributed by atoms with Crippen LogP contribution in [0.25, 0.3) is 0 Å². The van der Waals surface area contributed by atoms with E-state index in [2.05, 4.69) is 5.32 Å². The average molecular weight is 349 g/mol. The molecule has 2 saturated heterocycles. The molecular formula is C17H20FN3O4. The normalized spacial score (nSPS) is 23.8. The number of halogens is 1. The number of morpholine rings is 1. The van der Waals surface area contributed by atoms with Crippen LogP contribution in [-0.4, -0.2) is 60.5 Å². The summed E-state index contributed by atoms with van der Waals surface area (Å²) >= 11 is 0. The minimum Gasteiger partial charge on any atom is -0.378 e. The molecule has 1 N–H and O–H groups in total. The number of nitrogens with one attached hydrogen (secondary N) is 1. The lowest BCUT2D eigenvalue weighted by molar-refractivity contribution is -0.141. The Balaban J connectivity index is 1.80. The van der Waals surface area contributed by atoms with Crippen molar-refractivity contribution >= 4 is 17.8 Å². The molecule has 4 amide bonds. The Morgan fingerprint density at radius 3 is 2.48 bits per heavy atom. The molecule has 2 heterocycles. The van der Waals surface area contributed by atoms with Crippen LogP contribution in [0.15, 0.2) is 24.3 Å². The van der Waals surface area contributed by atoms with Gasteiger partial charge in [-0.05, 0) is 24.1 Å². The fraction of sp³-hybridized carbons (Fsp3) is 0.471. The Kier molecular flexibility index (Phi) is 4.71. The number of hydrogen-bond acceptors (Lipinski definition) is 4. The summed E-state index contributed by atoms with van der Waals surface area (Å²) in [6.07, 6.45) is 0.297. The van der Waals surface area contributed by atoms with Gasteiger partial charge in [0.1, 0.15) is 17.9 Å². The van der Waals surface area contributed by atoms with Crippen LogP contribution < -0.4 is 5.32 Å². The van der Waals surface area contributed by atoms with Crippen molar-refractivity contribution in [2.24, 2.45) is 0 Å². The van der Waals surface area contributed by atoms with E-state index in [0.717, 1.165) is 4.90 Å². The van der Waals surface area contributed by atoms with E-state index in [-0.39, 0.29) is 12.5 Å². The summed E-state index contributed by atoms with van der Waals surface area (Å²) in [4.78, 5) is 40.2. The molecule has 0 radical (unpaired) electrons. The second-order valence-corrected chi connectivity index (χ2v) is 6.08. The Hall–Kier alpha value is -2.48. The molecule has 1 aromatic rings. The van der Waals surface area contributed by atoms with Gasteiger partial charge >= 0.3 is 6.03 Å². The molecule has 0 unspecified atom stereocenters. The van der Waals surface area contributed by atoms with Crippen molar-refractivity contribution in [3.8, 4) is 0 Å². The molecule has 0 saturated carbocycles. The topological polar surface area (TPSA) is 79.0 Å². The lowest BCUT2D eigenvalue weighted by atomic mass is 9.87. The predicted molar refractivity (Wildman–Crippen MR) is 86.0 cm³/mol. The fourth-order valence-electron chi connectivity index (χ4n) is 3.19. The minimum absolute atomic E-state index is 0.294. The molecule has 0 aliphatic carbocycles. The maximum Gasteiger partial charge on any atom is 0.325 e. The maximum atomic E-state index is 13.2. The van der Waals surface area contributed by atoms with Crippen molar-refractivity contribution in [3.63, 3.8) is 0 Å². The van der Waals surface area contributed by atoms with E-state index >= 15 is 0 Å². The van der Waals surface area contributed by atoms with Gasteiger partial charge in [0.05, 0.1) is 13.2 Å². The van der Waals surface area contributed by atoms with Crippen LogP contribution in [-0.2, 0) is 19.9 Å². The number of nitrogens with zero attached hydrogens (tertiary/aromatic N) is 2. The Morgan fingerprint density at radius 1 is 1.24 bits per heavy atom. The van der Waals surface area contributed by atoms with Crippen molar-refractivity contribution in [2.75, 3.05) is 32.8 Å². The number of benzene rings is 1. The first-order valence-electron chi connectivity index (χ1n) is 8.23. The standard InChI is InChI=1S/C17H20FN3O4/c1-2-17(12-3-5-13(18)6-4-12)15(23)21(16(24)19-17)11-14(22)20-7-9-25-10-8-20/h3-6H,2,7-11H2,1H3,(H,19,24)/t17-/m1/s1. The van der Waals surface area contributed by atoms with Gasteiger partial charge in [0.2, 0.25) is 5.91 Å². The number of carbonyl (C=O) groups excluding carboxylic acids is 3. The second kappa shape index (κ2) is 6.79. The second-order valence-electron chi connectivity index (χ2n) is 6.08. The summed E-state index contributed by atoms with van der Waals surface area (Å²) in [5.41, 5.74) is -0.771. The largest absolute Gasteiger partial charge is 0.378 e. The average Bonchev–Trinajstić information content (AvgIpc) is 2.88. The van der Waals surface area contributed by atoms with E-state index in [1.54, 1.807) is 11.8 Å². The highest BCUT2D eigenvalue weighted by Gasteiger charge is 2.51. The van der Waals surface area contributed by atoms with Crippen LogP contribution in [0.5, 0.6) is 0 Å². The predicted octanol–water partition coefficient (Wildman–Crippen LogP) is 0.842. The SMILES string of the molecule is CC[C@]1(c2ccc(F)cc2)NC(=O)N(CC(=O)N2CCOCC2)C1=O. The van der Waals surface area contributed by atoms with Crippen molar-refractivity contribution in [1.29, 1.82) is 0 Å². The van der Waals surface area contributed by atoms with Gasteiger partial charge in [0.15, 0.2) is 0 Å². The van der Waals surface area contributed by atoms with Gasteiger partial charge in [-0.25, -0.2) is 9.18 Å². The smallest absolute Gasteiger partial charge is 0.325 e. The van der Waals surface area contributed by atoms with E-state index in [0.29, 0.717) is 38.3 Å². The number of imide groups is 1. The van der Waals surface area contributed by atoms with E-state index in [1.807, 2.05) is 0 Å². The summed E-state index contributed by atoms with van der Waals surface area (Å²) in [6, 6.07) is 4.83. The minimum atomic E-state index is -1.27. The molecule has 2 aliphatic heterocycles. The summed E-state index contributed by atoms with van der Waals surface area (Å²) in [5.74, 6) is -1.21. The van der Waals surface area contributed by atoms with Gasteiger partial charge in [-0.1, -0.05) is 19.1 Å². The number of rotatable bonds is 4. The third-order valence-electron chi connectivity index (χ3n) is 4.70. The highest BCUT2D eigenvalue weighted by atomic mass is 19.1. The van der Waals surface area contributed by atoms with Crippen molar-refractivity contribution in [3.05, 3.63) is 35.6 Å². The molecule has 134 valence electrons. The van der Waals surface area contributed by atoms with Gasteiger partial charge in [0.25, 0.3) is 5.91 Å². The molecule has 3 rings (SSSR count). The number of urea groups is 1. The first-order valence-corrected chi connectivity index (χ1v) is 8.23. The number of amides is 4. The van der Waals surface area contributed by atoms with Crippen molar-refractivity contribution in [2.45, 2.75) is 18.9 Å². The molecule has 0 bridgehead atoms. The van der Waals surface area contributed by atoms with E-state index < -0.39 is 23.3 Å². The zero-order valence-electron chi connectivity index (χ0n) is 14.0. The molecule has 1 atom stereocenters. The van der Waals surface area contributed by atoms with Crippen LogP contribution in [0.2, 0.25) is 0 Å². The third kappa shape index (κ3) is 3.09. The van der Waals surface area contributed by atoms with E-state index in [1.165, 1.54) is 24.3 Å². The van der Waals surface area contributed by atoms with Gasteiger partial charge < -0.3 is 15.0 Å². The first kappa shape index (κ1) is 17.3. The Labute approximate surface area is 144 Å². The highest BCUT2D eigenvalue weighted by molar-refractivity contribution is 6.09. The number of carbonyl (C=O) groups is 3. The maximum absolute atomic E-state index is 13.2. The summed E-state index contributed by atoms with van der Waals surface area (Å²) < 4.78 is 18.4. The monoisotopic (exact) mass is 349 g/mol. The molecule has 7 nitrogen and oxygen atoms in total. The van der Waals surface area contributed by atoms with Crippen molar-refractivity contribution in [1.82, 2.24) is 15.1 Å². The van der Waals surface area contributed by atoms with E-state index in [4.69, 9.17) is 4.74 Å². The highest BCUT2D eigenvalue weighted by Crippen LogP contribution is 2.32. The first-order chi connectivity index (χ1) is 12.0. The van der Waals surface area contributed by atoms with Gasteiger partial charge in [-0.15, -0.1) is 0 Å². The molecule has 0 aromatic heterocycles. The van der Waals surface area contributed by atoms with Crippen LogP contribution in [0.4, 0.5) is 9.18 Å². The van der Waals surface area contributed by atoms with Crippen LogP contribution in [0.3, 0.4) is 0 Å². The molecule has 8 heteroatoms.